The minimum atomic E-state index is -4.48. The van der Waals surface area contributed by atoms with Crippen LogP contribution in [0.15, 0.2) is 40.6 Å². The number of aromatic nitrogens is 6. The van der Waals surface area contributed by atoms with E-state index in [0.29, 0.717) is 17.1 Å². The van der Waals surface area contributed by atoms with Crippen molar-refractivity contribution in [3.63, 3.8) is 0 Å². The number of hydrogen-bond donors (Lipinski definition) is 0. The van der Waals surface area contributed by atoms with Gasteiger partial charge in [-0.05, 0) is 53.6 Å². The number of halogens is 3. The number of tetrazole rings is 1. The molecule has 5 rings (SSSR count). The van der Waals surface area contributed by atoms with Gasteiger partial charge in [-0.25, -0.2) is 0 Å². The smallest absolute Gasteiger partial charge is 0.260 e. The normalized spacial score (nSPS) is 16.5. The summed E-state index contributed by atoms with van der Waals surface area (Å²) in [4.78, 5) is 6.15. The van der Waals surface area contributed by atoms with E-state index in [-0.39, 0.29) is 11.1 Å². The lowest BCUT2D eigenvalue weighted by Gasteiger charge is -2.21. The maximum Gasteiger partial charge on any atom is 0.416 e. The molecule has 13 heteroatoms. The number of nitriles is 1. The van der Waals surface area contributed by atoms with Gasteiger partial charge in [0.1, 0.15) is 9.40 Å². The zero-order valence-corrected chi connectivity index (χ0v) is 17.2. The fourth-order valence-corrected chi connectivity index (χ4v) is 5.42. The molecule has 1 aliphatic carbocycles. The Balaban J connectivity index is 1.37. The van der Waals surface area contributed by atoms with Crippen molar-refractivity contribution in [2.75, 3.05) is 0 Å². The van der Waals surface area contributed by atoms with Gasteiger partial charge in [0.05, 0.1) is 22.7 Å². The van der Waals surface area contributed by atoms with E-state index >= 15 is 0 Å². The summed E-state index contributed by atoms with van der Waals surface area (Å²) < 4.78 is 39.4. The van der Waals surface area contributed by atoms with Crippen molar-refractivity contribution in [2.24, 2.45) is 4.99 Å². The average molecular weight is 460 g/mol. The van der Waals surface area contributed by atoms with E-state index in [9.17, 15) is 18.4 Å². The van der Waals surface area contributed by atoms with Gasteiger partial charge in [-0.15, -0.1) is 25.2 Å². The highest BCUT2D eigenvalue weighted by atomic mass is 32.2. The third-order valence-electron chi connectivity index (χ3n) is 4.92. The second-order valence-electron chi connectivity index (χ2n) is 6.93. The second-order valence-corrected chi connectivity index (χ2v) is 9.13. The summed E-state index contributed by atoms with van der Waals surface area (Å²) in [6.07, 6.45) is -1.44. The Morgan fingerprint density at radius 2 is 2.06 bits per heavy atom. The molecule has 3 heterocycles. The van der Waals surface area contributed by atoms with E-state index in [1.54, 1.807) is 0 Å². The molecule has 3 aromatic rings. The van der Waals surface area contributed by atoms with Crippen LogP contribution in [0.25, 0.3) is 5.82 Å². The molecule has 1 saturated carbocycles. The molecular weight excluding hydrogens is 449 g/mol. The highest BCUT2D eigenvalue weighted by Gasteiger charge is 2.49. The van der Waals surface area contributed by atoms with Crippen molar-refractivity contribution >= 4 is 27.9 Å². The first-order chi connectivity index (χ1) is 14.9. The first kappa shape index (κ1) is 20.0. The molecule has 0 unspecified atom stereocenters. The molecule has 0 radical (unpaired) electrons. The van der Waals surface area contributed by atoms with Gasteiger partial charge in [0.15, 0.2) is 12.1 Å². The number of alkyl halides is 3. The van der Waals surface area contributed by atoms with Crippen molar-refractivity contribution in [3.05, 3.63) is 52.8 Å². The van der Waals surface area contributed by atoms with Gasteiger partial charge in [-0.1, -0.05) is 17.8 Å². The van der Waals surface area contributed by atoms with Crippen LogP contribution in [-0.2, 0) is 17.5 Å². The maximum absolute atomic E-state index is 12.9. The third-order valence-corrected chi connectivity index (χ3v) is 7.08. The molecule has 0 N–H and O–H groups in total. The number of fused-ring (bicyclic) bond motifs is 2. The van der Waals surface area contributed by atoms with Crippen LogP contribution in [-0.4, -0.2) is 34.8 Å². The number of hydrogen-bond acceptors (Lipinski definition) is 9. The summed E-state index contributed by atoms with van der Waals surface area (Å²) in [7, 11) is 0. The van der Waals surface area contributed by atoms with Gasteiger partial charge >= 0.3 is 6.18 Å². The quantitative estimate of drug-likeness (QED) is 0.582. The fourth-order valence-electron chi connectivity index (χ4n) is 3.17. The van der Waals surface area contributed by atoms with E-state index < -0.39 is 11.7 Å². The summed E-state index contributed by atoms with van der Waals surface area (Å²) in [6, 6.07) is 6.94. The minimum Gasteiger partial charge on any atom is -0.260 e. The average Bonchev–Trinajstić information content (AvgIpc) is 3.30. The topological polar surface area (TPSA) is 106 Å². The number of aliphatic imine (C=N–C) groups is 1. The molecule has 0 amide bonds. The van der Waals surface area contributed by atoms with Gasteiger partial charge in [-0.3, -0.25) is 4.99 Å². The van der Waals surface area contributed by atoms with Crippen LogP contribution in [0, 0.1) is 11.3 Å². The highest BCUT2D eigenvalue weighted by molar-refractivity contribution is 8.38. The van der Waals surface area contributed by atoms with Crippen LogP contribution >= 0.6 is 23.5 Å². The van der Waals surface area contributed by atoms with Crippen LogP contribution in [0.3, 0.4) is 0 Å². The Morgan fingerprint density at radius 3 is 2.74 bits per heavy atom. The molecule has 0 atom stereocenters. The van der Waals surface area contributed by atoms with Gasteiger partial charge in [-0.2, -0.15) is 18.4 Å². The summed E-state index contributed by atoms with van der Waals surface area (Å²) >= 11 is 2.73. The predicted octanol–water partition coefficient (Wildman–Crippen LogP) is 3.73. The molecule has 1 aliphatic heterocycles. The van der Waals surface area contributed by atoms with Crippen LogP contribution in [0.1, 0.15) is 35.1 Å². The second kappa shape index (κ2) is 7.31. The standard InChI is InChI=1S/C18H11F3N8S2/c19-18(20,21)12-2-1-10(11(5-12)7-22)8-30-16-25-17(3-4-17)13-6-14(26-27-15(13)31-16)29-24-9-23-28-29/h1-2,5-6,9H,3-4,8H2. The molecule has 2 aromatic heterocycles. The third kappa shape index (κ3) is 3.77. The number of thioether (sulfide) groups is 2. The van der Waals surface area contributed by atoms with Crippen LogP contribution < -0.4 is 0 Å². The Labute approximate surface area is 182 Å². The van der Waals surface area contributed by atoms with E-state index in [4.69, 9.17) is 4.99 Å². The van der Waals surface area contributed by atoms with Crippen molar-refractivity contribution in [1.29, 1.82) is 5.26 Å². The molecule has 8 nitrogen and oxygen atoms in total. The van der Waals surface area contributed by atoms with Gasteiger partial charge in [0.2, 0.25) is 0 Å². The van der Waals surface area contributed by atoms with Crippen LogP contribution in [0.4, 0.5) is 13.2 Å². The van der Waals surface area contributed by atoms with Crippen LogP contribution in [0.5, 0.6) is 0 Å². The monoisotopic (exact) mass is 460 g/mol. The lowest BCUT2D eigenvalue weighted by Crippen LogP contribution is -2.16. The lowest BCUT2D eigenvalue weighted by molar-refractivity contribution is -0.137. The number of benzene rings is 1. The first-order valence-electron chi connectivity index (χ1n) is 9.00. The first-order valence-corrected chi connectivity index (χ1v) is 10.8. The predicted molar refractivity (Wildman–Crippen MR) is 106 cm³/mol. The summed E-state index contributed by atoms with van der Waals surface area (Å²) in [5.74, 6) is 0.782. The number of rotatable bonds is 3. The van der Waals surface area contributed by atoms with E-state index in [1.807, 2.05) is 12.1 Å². The van der Waals surface area contributed by atoms with E-state index in [1.165, 1.54) is 40.7 Å². The summed E-state index contributed by atoms with van der Waals surface area (Å²) in [5.41, 5.74) is 0.289. The van der Waals surface area contributed by atoms with Crippen LogP contribution in [0.2, 0.25) is 0 Å². The van der Waals surface area contributed by atoms with Gasteiger partial charge in [0.25, 0.3) is 0 Å². The molecular formula is C18H11F3N8S2. The van der Waals surface area contributed by atoms with Crippen molar-refractivity contribution in [2.45, 2.75) is 35.3 Å². The molecule has 1 fully saturated rings. The van der Waals surface area contributed by atoms with Crippen molar-refractivity contribution < 1.29 is 13.2 Å². The highest BCUT2D eigenvalue weighted by Crippen LogP contribution is 2.56. The molecule has 0 bridgehead atoms. The van der Waals surface area contributed by atoms with E-state index in [0.717, 1.165) is 39.9 Å². The summed E-state index contributed by atoms with van der Waals surface area (Å²) in [5, 5.41) is 29.9. The largest absolute Gasteiger partial charge is 0.416 e. The Bertz CT molecular complexity index is 1230. The zero-order valence-electron chi connectivity index (χ0n) is 15.5. The fraction of sp³-hybridized carbons (Fsp3) is 0.278. The van der Waals surface area contributed by atoms with Crippen molar-refractivity contribution in [3.8, 4) is 11.9 Å². The zero-order chi connectivity index (χ0) is 21.6. The Hall–Kier alpha value is -2.98. The molecule has 2 aliphatic rings. The van der Waals surface area contributed by atoms with Gasteiger partial charge in [0, 0.05) is 11.3 Å². The Morgan fingerprint density at radius 1 is 1.23 bits per heavy atom. The molecule has 1 spiro atoms. The SMILES string of the molecule is N#Cc1cc(C(F)(F)F)ccc1CSC1=NC2(CC2)c2cc(-n3ncnn3)nnc2S1. The van der Waals surface area contributed by atoms with E-state index in [2.05, 4.69) is 25.6 Å². The van der Waals surface area contributed by atoms with Crippen molar-refractivity contribution in [1.82, 2.24) is 30.4 Å². The maximum atomic E-state index is 12.9. The minimum absolute atomic E-state index is 0.00929. The van der Waals surface area contributed by atoms with Gasteiger partial charge < -0.3 is 0 Å². The molecule has 31 heavy (non-hydrogen) atoms. The Kier molecular flexibility index (Phi) is 4.71. The molecule has 0 saturated heterocycles. The number of nitrogens with zero attached hydrogens (tertiary/aromatic N) is 8. The summed E-state index contributed by atoms with van der Waals surface area (Å²) in [6.45, 7) is 0. The lowest BCUT2D eigenvalue weighted by atomic mass is 10.1. The molecule has 1 aromatic carbocycles. The molecule has 156 valence electrons.